The summed E-state index contributed by atoms with van der Waals surface area (Å²) in [5.74, 6) is -1.13. The number of aromatic nitrogens is 2. The molecule has 2 aromatic rings. The first-order valence-electron chi connectivity index (χ1n) is 7.41. The maximum absolute atomic E-state index is 12.2. The summed E-state index contributed by atoms with van der Waals surface area (Å²) in [7, 11) is 1.76. The molecule has 9 heteroatoms. The molecule has 1 aromatic carbocycles. The zero-order chi connectivity index (χ0) is 18.6. The molecule has 25 heavy (non-hydrogen) atoms. The average molecular weight is 352 g/mol. The van der Waals surface area contributed by atoms with Gasteiger partial charge in [-0.3, -0.25) is 14.3 Å². The summed E-state index contributed by atoms with van der Waals surface area (Å²) in [6, 6.07) is 5.33. The highest BCUT2D eigenvalue weighted by molar-refractivity contribution is 5.99. The van der Waals surface area contributed by atoms with E-state index in [1.807, 2.05) is 6.92 Å². The predicted octanol–water partition coefficient (Wildman–Crippen LogP) is 2.01. The van der Waals surface area contributed by atoms with E-state index in [1.165, 1.54) is 24.3 Å². The van der Waals surface area contributed by atoms with Gasteiger partial charge in [0.2, 0.25) is 5.91 Å². The fraction of sp³-hybridized carbons (Fsp3) is 0.312. The zero-order valence-electron chi connectivity index (χ0n) is 14.0. The Balaban J connectivity index is 1.94. The van der Waals surface area contributed by atoms with Crippen LogP contribution in [0.3, 0.4) is 0 Å². The first-order valence-corrected chi connectivity index (χ1v) is 7.41. The van der Waals surface area contributed by atoms with Gasteiger partial charge in [-0.15, -0.1) is 0 Å². The van der Waals surface area contributed by atoms with Crippen molar-refractivity contribution in [3.05, 3.63) is 41.2 Å². The first kappa shape index (κ1) is 18.4. The van der Waals surface area contributed by atoms with Gasteiger partial charge < -0.3 is 15.4 Å². The summed E-state index contributed by atoms with van der Waals surface area (Å²) in [6.07, 6.45) is 0. The van der Waals surface area contributed by atoms with Crippen LogP contribution in [0, 0.1) is 13.8 Å². The highest BCUT2D eigenvalue weighted by atomic mass is 19.3. The van der Waals surface area contributed by atoms with Crippen LogP contribution in [0.4, 0.5) is 14.5 Å². The Bertz CT molecular complexity index is 790. The van der Waals surface area contributed by atoms with Gasteiger partial charge in [0.25, 0.3) is 5.91 Å². The number of anilines is 1. The van der Waals surface area contributed by atoms with Gasteiger partial charge in [0.15, 0.2) is 0 Å². The number of nitrogens with one attached hydrogen (secondary N) is 2. The molecule has 0 radical (unpaired) electrons. The van der Waals surface area contributed by atoms with Crippen LogP contribution in [0.15, 0.2) is 24.3 Å². The van der Waals surface area contributed by atoms with E-state index in [-0.39, 0.29) is 17.9 Å². The summed E-state index contributed by atoms with van der Waals surface area (Å²) in [5.41, 5.74) is 2.15. The number of benzene rings is 1. The quantitative estimate of drug-likeness (QED) is 0.833. The number of halogens is 2. The van der Waals surface area contributed by atoms with Crippen molar-refractivity contribution >= 4 is 17.5 Å². The number of nitrogens with zero attached hydrogens (tertiary/aromatic N) is 2. The lowest BCUT2D eigenvalue weighted by Crippen LogP contribution is -2.33. The van der Waals surface area contributed by atoms with Gasteiger partial charge in [-0.1, -0.05) is 6.07 Å². The molecule has 134 valence electrons. The number of hydrogen-bond acceptors (Lipinski definition) is 4. The number of rotatable bonds is 6. The van der Waals surface area contributed by atoms with Crippen LogP contribution in [0.1, 0.15) is 21.7 Å². The van der Waals surface area contributed by atoms with E-state index < -0.39 is 18.4 Å². The molecule has 0 aliphatic rings. The van der Waals surface area contributed by atoms with Crippen LogP contribution < -0.4 is 15.4 Å². The largest absolute Gasteiger partial charge is 0.435 e. The Morgan fingerprint density at radius 1 is 1.32 bits per heavy atom. The molecule has 0 bridgehead atoms. The second kappa shape index (κ2) is 7.73. The number of amides is 2. The second-order valence-electron chi connectivity index (χ2n) is 5.31. The van der Waals surface area contributed by atoms with E-state index in [4.69, 9.17) is 0 Å². The normalized spacial score (nSPS) is 10.6. The monoisotopic (exact) mass is 352 g/mol. The lowest BCUT2D eigenvalue weighted by molar-refractivity contribution is -0.115. The van der Waals surface area contributed by atoms with Crippen molar-refractivity contribution in [2.45, 2.75) is 20.5 Å². The summed E-state index contributed by atoms with van der Waals surface area (Å²) >= 11 is 0. The molecule has 0 fully saturated rings. The van der Waals surface area contributed by atoms with Crippen LogP contribution in [0.5, 0.6) is 5.75 Å². The zero-order valence-corrected chi connectivity index (χ0v) is 14.0. The molecule has 1 heterocycles. The molecule has 0 aliphatic heterocycles. The third kappa shape index (κ3) is 4.75. The number of alkyl halides is 2. The van der Waals surface area contributed by atoms with Crippen molar-refractivity contribution < 1.29 is 23.1 Å². The van der Waals surface area contributed by atoms with E-state index in [0.717, 1.165) is 5.69 Å². The smallest absolute Gasteiger partial charge is 0.387 e. The molecule has 0 spiro atoms. The van der Waals surface area contributed by atoms with Gasteiger partial charge in [-0.2, -0.15) is 13.9 Å². The summed E-state index contributed by atoms with van der Waals surface area (Å²) < 4.78 is 30.3. The lowest BCUT2D eigenvalue weighted by Gasteiger charge is -2.09. The summed E-state index contributed by atoms with van der Waals surface area (Å²) in [6.45, 7) is 0.320. The van der Waals surface area contributed by atoms with Crippen LogP contribution >= 0.6 is 0 Å². The van der Waals surface area contributed by atoms with Crippen molar-refractivity contribution in [1.82, 2.24) is 15.1 Å². The van der Waals surface area contributed by atoms with Crippen LogP contribution in [0.2, 0.25) is 0 Å². The van der Waals surface area contributed by atoms with Crippen LogP contribution in [-0.2, 0) is 11.8 Å². The third-order valence-electron chi connectivity index (χ3n) is 3.50. The van der Waals surface area contributed by atoms with Crippen molar-refractivity contribution in [1.29, 1.82) is 0 Å². The van der Waals surface area contributed by atoms with Gasteiger partial charge in [-0.05, 0) is 32.0 Å². The maximum atomic E-state index is 12.2. The first-order chi connectivity index (χ1) is 11.8. The molecule has 7 nitrogen and oxygen atoms in total. The molecule has 2 amide bonds. The van der Waals surface area contributed by atoms with Gasteiger partial charge in [0.05, 0.1) is 23.6 Å². The van der Waals surface area contributed by atoms with E-state index in [9.17, 15) is 18.4 Å². The van der Waals surface area contributed by atoms with Crippen molar-refractivity contribution in [3.63, 3.8) is 0 Å². The number of carbonyl (C=O) groups excluding carboxylic acids is 2. The topological polar surface area (TPSA) is 85.3 Å². The Morgan fingerprint density at radius 2 is 2.04 bits per heavy atom. The Labute approximate surface area is 143 Å². The number of hydrogen-bond donors (Lipinski definition) is 2. The van der Waals surface area contributed by atoms with Crippen molar-refractivity contribution in [2.75, 3.05) is 11.9 Å². The minimum Gasteiger partial charge on any atom is -0.435 e. The molecule has 0 saturated heterocycles. The van der Waals surface area contributed by atoms with Gasteiger partial charge >= 0.3 is 6.61 Å². The van der Waals surface area contributed by atoms with E-state index >= 15 is 0 Å². The highest BCUT2D eigenvalue weighted by Gasteiger charge is 2.14. The molecule has 0 atom stereocenters. The molecular weight excluding hydrogens is 334 g/mol. The third-order valence-corrected chi connectivity index (χ3v) is 3.50. The maximum Gasteiger partial charge on any atom is 0.387 e. The number of aryl methyl sites for hydroxylation is 2. The van der Waals surface area contributed by atoms with Gasteiger partial charge in [0, 0.05) is 12.6 Å². The van der Waals surface area contributed by atoms with E-state index in [2.05, 4.69) is 20.5 Å². The highest BCUT2D eigenvalue weighted by Crippen LogP contribution is 2.18. The number of carbonyl (C=O) groups is 2. The Hall–Kier alpha value is -2.97. The minimum absolute atomic E-state index is 0.111. The fourth-order valence-electron chi connectivity index (χ4n) is 2.21. The second-order valence-corrected chi connectivity index (χ2v) is 5.31. The fourth-order valence-corrected chi connectivity index (χ4v) is 2.21. The standard InChI is InChI=1S/C16H18F2N4O3/c1-9-14(10(2)22(3)21-9)20-13(23)8-19-15(24)11-5-4-6-12(7-11)25-16(17)18/h4-7,16H,8H2,1-3H3,(H,19,24)(H,20,23). The van der Waals surface area contributed by atoms with E-state index in [1.54, 1.807) is 18.7 Å². The average Bonchev–Trinajstić information content (AvgIpc) is 2.78. The molecular formula is C16H18F2N4O3. The van der Waals surface area contributed by atoms with Crippen LogP contribution in [0.25, 0.3) is 0 Å². The van der Waals surface area contributed by atoms with Gasteiger partial charge in [0.1, 0.15) is 5.75 Å². The van der Waals surface area contributed by atoms with Crippen molar-refractivity contribution in [3.8, 4) is 5.75 Å². The number of ether oxygens (including phenoxy) is 1. The molecule has 0 aliphatic carbocycles. The molecule has 0 unspecified atom stereocenters. The molecule has 1 aromatic heterocycles. The Kier molecular flexibility index (Phi) is 5.68. The summed E-state index contributed by atoms with van der Waals surface area (Å²) in [5, 5.41) is 9.29. The SMILES string of the molecule is Cc1nn(C)c(C)c1NC(=O)CNC(=O)c1cccc(OC(F)F)c1. The van der Waals surface area contributed by atoms with Crippen LogP contribution in [-0.4, -0.2) is 34.8 Å². The predicted molar refractivity (Wildman–Crippen MR) is 86.7 cm³/mol. The lowest BCUT2D eigenvalue weighted by atomic mass is 10.2. The minimum atomic E-state index is -2.98. The van der Waals surface area contributed by atoms with E-state index in [0.29, 0.717) is 11.4 Å². The Morgan fingerprint density at radius 3 is 2.64 bits per heavy atom. The molecule has 2 N–H and O–H groups in total. The van der Waals surface area contributed by atoms with Gasteiger partial charge in [-0.25, -0.2) is 0 Å². The molecule has 2 rings (SSSR count). The molecule has 0 saturated carbocycles. The van der Waals surface area contributed by atoms with Crippen molar-refractivity contribution in [2.24, 2.45) is 7.05 Å². The summed E-state index contributed by atoms with van der Waals surface area (Å²) in [4.78, 5) is 24.0.